The Kier molecular flexibility index (Phi) is 5.30. The van der Waals surface area contributed by atoms with E-state index in [0.717, 1.165) is 57.3 Å². The number of rotatable bonds is 6. The molecule has 1 aliphatic heterocycles. The van der Waals surface area contributed by atoms with Crippen LogP contribution in [0.25, 0.3) is 0 Å². The molecule has 1 N–H and O–H groups in total. The molecule has 0 spiro atoms. The molecule has 0 saturated carbocycles. The maximum atomic E-state index is 5.33. The number of hydrogen-bond donors (Lipinski definition) is 1. The topological polar surface area (TPSA) is 33.7 Å². The van der Waals surface area contributed by atoms with Gasteiger partial charge in [0.25, 0.3) is 0 Å². The van der Waals surface area contributed by atoms with Crippen molar-refractivity contribution in [1.29, 1.82) is 0 Å². The Morgan fingerprint density at radius 2 is 2.17 bits per heavy atom. The van der Waals surface area contributed by atoms with Crippen LogP contribution in [0, 0.1) is 0 Å². The first-order valence-electron chi connectivity index (χ1n) is 6.56. The molecule has 1 fully saturated rings. The third-order valence-corrected chi connectivity index (χ3v) is 3.15. The van der Waals surface area contributed by atoms with E-state index in [4.69, 9.17) is 9.47 Å². The fourth-order valence-electron chi connectivity index (χ4n) is 2.09. The van der Waals surface area contributed by atoms with Crippen molar-refractivity contribution in [1.82, 2.24) is 4.90 Å². The molecule has 0 unspecified atom stereocenters. The molecule has 1 aliphatic rings. The number of morpholine rings is 1. The second kappa shape index (κ2) is 7.24. The highest BCUT2D eigenvalue weighted by molar-refractivity contribution is 5.47. The summed E-state index contributed by atoms with van der Waals surface area (Å²) in [6.07, 6.45) is 1.15. The highest BCUT2D eigenvalue weighted by Gasteiger charge is 2.08. The third-order valence-electron chi connectivity index (χ3n) is 3.15. The van der Waals surface area contributed by atoms with Crippen LogP contribution in [0.3, 0.4) is 0 Å². The molecule has 0 aliphatic carbocycles. The second-order valence-corrected chi connectivity index (χ2v) is 4.47. The summed E-state index contributed by atoms with van der Waals surface area (Å²) in [5, 5.41) is 3.42. The molecule has 0 aromatic heterocycles. The van der Waals surface area contributed by atoms with Gasteiger partial charge in [0.1, 0.15) is 5.75 Å². The normalized spacial score (nSPS) is 16.5. The van der Waals surface area contributed by atoms with E-state index in [0.29, 0.717) is 0 Å². The van der Waals surface area contributed by atoms with Crippen molar-refractivity contribution >= 4 is 5.69 Å². The maximum Gasteiger partial charge on any atom is 0.120 e. The van der Waals surface area contributed by atoms with Gasteiger partial charge in [-0.05, 0) is 25.1 Å². The molecule has 1 saturated heterocycles. The first-order chi connectivity index (χ1) is 8.88. The molecule has 100 valence electrons. The zero-order valence-corrected chi connectivity index (χ0v) is 11.0. The lowest BCUT2D eigenvalue weighted by Gasteiger charge is -2.26. The summed E-state index contributed by atoms with van der Waals surface area (Å²) in [7, 11) is 1.69. The SMILES string of the molecule is COc1cccc(NCCCN2CCOCC2)c1. The van der Waals surface area contributed by atoms with Crippen LogP contribution in [0.5, 0.6) is 5.75 Å². The lowest BCUT2D eigenvalue weighted by Crippen LogP contribution is -2.37. The quantitative estimate of drug-likeness (QED) is 0.781. The van der Waals surface area contributed by atoms with Crippen molar-refractivity contribution in [2.45, 2.75) is 6.42 Å². The summed E-state index contributed by atoms with van der Waals surface area (Å²) in [6.45, 7) is 6.02. The van der Waals surface area contributed by atoms with Crippen molar-refractivity contribution in [2.24, 2.45) is 0 Å². The molecule has 0 bridgehead atoms. The first kappa shape index (κ1) is 13.2. The first-order valence-corrected chi connectivity index (χ1v) is 6.56. The molecule has 1 heterocycles. The van der Waals surface area contributed by atoms with Crippen LogP contribution in [-0.2, 0) is 4.74 Å². The number of nitrogens with zero attached hydrogens (tertiary/aromatic N) is 1. The summed E-state index contributed by atoms with van der Waals surface area (Å²) in [6, 6.07) is 8.05. The van der Waals surface area contributed by atoms with Crippen LogP contribution in [0.1, 0.15) is 6.42 Å². The Bertz CT molecular complexity index is 351. The summed E-state index contributed by atoms with van der Waals surface area (Å²) in [5.74, 6) is 0.896. The number of methoxy groups -OCH3 is 1. The Hall–Kier alpha value is -1.26. The third kappa shape index (κ3) is 4.20. The minimum atomic E-state index is 0.878. The van der Waals surface area contributed by atoms with Gasteiger partial charge >= 0.3 is 0 Å². The largest absolute Gasteiger partial charge is 0.497 e. The highest BCUT2D eigenvalue weighted by atomic mass is 16.5. The molecular weight excluding hydrogens is 228 g/mol. The van der Waals surface area contributed by atoms with Crippen molar-refractivity contribution in [3.05, 3.63) is 24.3 Å². The Labute approximate surface area is 109 Å². The van der Waals surface area contributed by atoms with Gasteiger partial charge in [-0.15, -0.1) is 0 Å². The number of hydrogen-bond acceptors (Lipinski definition) is 4. The summed E-state index contributed by atoms with van der Waals surface area (Å²) < 4.78 is 10.5. The summed E-state index contributed by atoms with van der Waals surface area (Å²) in [5.41, 5.74) is 1.12. The predicted octanol–water partition coefficient (Wildman–Crippen LogP) is 1.83. The summed E-state index contributed by atoms with van der Waals surface area (Å²) in [4.78, 5) is 2.46. The van der Waals surface area contributed by atoms with E-state index in [1.807, 2.05) is 18.2 Å². The van der Waals surface area contributed by atoms with Gasteiger partial charge in [0.05, 0.1) is 20.3 Å². The van der Waals surface area contributed by atoms with Crippen LogP contribution in [0.15, 0.2) is 24.3 Å². The number of ether oxygens (including phenoxy) is 2. The van der Waals surface area contributed by atoms with Gasteiger partial charge in [-0.25, -0.2) is 0 Å². The van der Waals surface area contributed by atoms with E-state index in [1.165, 1.54) is 0 Å². The molecule has 0 atom stereocenters. The molecule has 4 nitrogen and oxygen atoms in total. The van der Waals surface area contributed by atoms with Crippen molar-refractivity contribution in [3.63, 3.8) is 0 Å². The molecule has 0 radical (unpaired) electrons. The van der Waals surface area contributed by atoms with E-state index in [2.05, 4.69) is 16.3 Å². The lowest BCUT2D eigenvalue weighted by molar-refractivity contribution is 0.0378. The van der Waals surface area contributed by atoms with Crippen molar-refractivity contribution in [3.8, 4) is 5.75 Å². The highest BCUT2D eigenvalue weighted by Crippen LogP contribution is 2.16. The van der Waals surface area contributed by atoms with Crippen LogP contribution in [0.4, 0.5) is 5.69 Å². The molecule has 4 heteroatoms. The number of nitrogens with one attached hydrogen (secondary N) is 1. The van der Waals surface area contributed by atoms with Crippen molar-refractivity contribution < 1.29 is 9.47 Å². The zero-order valence-electron chi connectivity index (χ0n) is 11.0. The lowest BCUT2D eigenvalue weighted by atomic mass is 10.3. The van der Waals surface area contributed by atoms with Gasteiger partial charge < -0.3 is 14.8 Å². The fourth-order valence-corrected chi connectivity index (χ4v) is 2.09. The van der Waals surface area contributed by atoms with Gasteiger partial charge in [-0.3, -0.25) is 4.90 Å². The van der Waals surface area contributed by atoms with E-state index in [1.54, 1.807) is 7.11 Å². The van der Waals surface area contributed by atoms with Gasteiger partial charge in [-0.2, -0.15) is 0 Å². The van der Waals surface area contributed by atoms with Gasteiger partial charge in [0.15, 0.2) is 0 Å². The minimum absolute atomic E-state index is 0.878. The van der Waals surface area contributed by atoms with Crippen LogP contribution in [0.2, 0.25) is 0 Å². The fraction of sp³-hybridized carbons (Fsp3) is 0.571. The van der Waals surface area contributed by atoms with E-state index in [-0.39, 0.29) is 0 Å². The smallest absolute Gasteiger partial charge is 0.120 e. The van der Waals surface area contributed by atoms with Gasteiger partial charge in [0, 0.05) is 31.4 Å². The average molecular weight is 250 g/mol. The second-order valence-electron chi connectivity index (χ2n) is 4.47. The molecule has 1 aromatic carbocycles. The Morgan fingerprint density at radius 1 is 1.33 bits per heavy atom. The monoisotopic (exact) mass is 250 g/mol. The zero-order chi connectivity index (χ0) is 12.6. The number of anilines is 1. The van der Waals surface area contributed by atoms with Crippen molar-refractivity contribution in [2.75, 3.05) is 51.8 Å². The van der Waals surface area contributed by atoms with Crippen LogP contribution < -0.4 is 10.1 Å². The van der Waals surface area contributed by atoms with E-state index >= 15 is 0 Å². The Morgan fingerprint density at radius 3 is 2.94 bits per heavy atom. The van der Waals surface area contributed by atoms with Crippen LogP contribution in [-0.4, -0.2) is 51.4 Å². The average Bonchev–Trinajstić information content (AvgIpc) is 2.45. The van der Waals surface area contributed by atoms with Gasteiger partial charge in [-0.1, -0.05) is 6.07 Å². The molecular formula is C14H22N2O2. The van der Waals surface area contributed by atoms with E-state index < -0.39 is 0 Å². The Balaban J connectivity index is 1.65. The summed E-state index contributed by atoms with van der Waals surface area (Å²) >= 11 is 0. The number of benzene rings is 1. The molecule has 1 aromatic rings. The van der Waals surface area contributed by atoms with Gasteiger partial charge in [0.2, 0.25) is 0 Å². The molecule has 18 heavy (non-hydrogen) atoms. The molecule has 2 rings (SSSR count). The van der Waals surface area contributed by atoms with Crippen LogP contribution >= 0.6 is 0 Å². The predicted molar refractivity (Wildman–Crippen MR) is 73.4 cm³/mol. The molecule has 0 amide bonds. The standard InChI is InChI=1S/C14H22N2O2/c1-17-14-5-2-4-13(12-14)15-6-3-7-16-8-10-18-11-9-16/h2,4-5,12,15H,3,6-11H2,1H3. The minimum Gasteiger partial charge on any atom is -0.497 e. The maximum absolute atomic E-state index is 5.33. The van der Waals surface area contributed by atoms with E-state index in [9.17, 15) is 0 Å².